The van der Waals surface area contributed by atoms with Crippen molar-refractivity contribution in [1.82, 2.24) is 5.16 Å². The number of hydrogen-bond donors (Lipinski definition) is 1. The number of sulfonamides is 1. The quantitative estimate of drug-likeness (QED) is 0.935. The first-order valence-electron chi connectivity index (χ1n) is 5.24. The van der Waals surface area contributed by atoms with Crippen LogP contribution in [0.2, 0.25) is 0 Å². The fraction of sp³-hybridized carbons (Fsp3) is 0.182. The lowest BCUT2D eigenvalue weighted by Crippen LogP contribution is -2.15. The molecule has 0 aliphatic rings. The normalized spacial score (nSPS) is 11.4. The monoisotopic (exact) mass is 330 g/mol. The van der Waals surface area contributed by atoms with Gasteiger partial charge in [-0.1, -0.05) is 28.0 Å². The summed E-state index contributed by atoms with van der Waals surface area (Å²) in [6.07, 6.45) is 1.93. The lowest BCUT2D eigenvalue weighted by Gasteiger charge is -2.09. The number of aromatic nitrogens is 1. The summed E-state index contributed by atoms with van der Waals surface area (Å²) in [5.41, 5.74) is 0.736. The molecule has 0 aliphatic carbocycles. The van der Waals surface area contributed by atoms with Crippen molar-refractivity contribution in [3.8, 4) is 0 Å². The van der Waals surface area contributed by atoms with Crippen LogP contribution in [0, 0.1) is 0 Å². The first-order valence-corrected chi connectivity index (χ1v) is 7.52. The van der Waals surface area contributed by atoms with E-state index in [1.807, 2.05) is 6.92 Å². The van der Waals surface area contributed by atoms with Crippen molar-refractivity contribution in [2.24, 2.45) is 0 Å². The van der Waals surface area contributed by atoms with Gasteiger partial charge in [0.15, 0.2) is 5.82 Å². The molecule has 18 heavy (non-hydrogen) atoms. The van der Waals surface area contributed by atoms with Crippen LogP contribution in [-0.2, 0) is 16.4 Å². The number of nitrogens with zero attached hydrogens (tertiary/aromatic N) is 1. The van der Waals surface area contributed by atoms with Gasteiger partial charge in [0.2, 0.25) is 0 Å². The number of benzene rings is 1. The van der Waals surface area contributed by atoms with E-state index >= 15 is 0 Å². The number of halogens is 1. The molecule has 0 saturated heterocycles. The molecule has 1 aromatic carbocycles. The van der Waals surface area contributed by atoms with Crippen molar-refractivity contribution >= 4 is 31.8 Å². The van der Waals surface area contributed by atoms with E-state index in [0.717, 1.165) is 10.0 Å². The number of rotatable bonds is 4. The summed E-state index contributed by atoms with van der Waals surface area (Å²) in [7, 11) is -3.64. The minimum absolute atomic E-state index is 0.167. The highest BCUT2D eigenvalue weighted by molar-refractivity contribution is 9.10. The van der Waals surface area contributed by atoms with Gasteiger partial charge in [0, 0.05) is 10.5 Å². The van der Waals surface area contributed by atoms with Crippen molar-refractivity contribution in [2.75, 3.05) is 4.72 Å². The zero-order chi connectivity index (χ0) is 13.2. The summed E-state index contributed by atoms with van der Waals surface area (Å²) in [4.78, 5) is 0.246. The SMILES string of the molecule is CCc1cc(Br)ccc1S(=O)(=O)Nc1ccon1. The summed E-state index contributed by atoms with van der Waals surface area (Å²) >= 11 is 3.32. The molecule has 96 valence electrons. The zero-order valence-corrected chi connectivity index (χ0v) is 12.0. The van der Waals surface area contributed by atoms with E-state index in [9.17, 15) is 8.42 Å². The average Bonchev–Trinajstić information content (AvgIpc) is 2.80. The van der Waals surface area contributed by atoms with Crippen LogP contribution >= 0.6 is 15.9 Å². The summed E-state index contributed by atoms with van der Waals surface area (Å²) in [5, 5.41) is 3.53. The number of aryl methyl sites for hydroxylation is 1. The summed E-state index contributed by atoms with van der Waals surface area (Å²) in [6, 6.07) is 6.49. The van der Waals surface area contributed by atoms with Crippen molar-refractivity contribution in [2.45, 2.75) is 18.2 Å². The van der Waals surface area contributed by atoms with Gasteiger partial charge in [-0.05, 0) is 30.2 Å². The van der Waals surface area contributed by atoms with Gasteiger partial charge in [0.05, 0.1) is 4.90 Å². The third-order valence-corrected chi connectivity index (χ3v) is 4.32. The van der Waals surface area contributed by atoms with E-state index in [1.165, 1.54) is 12.3 Å². The van der Waals surface area contributed by atoms with Crippen LogP contribution in [0.5, 0.6) is 0 Å². The van der Waals surface area contributed by atoms with Gasteiger partial charge in [-0.25, -0.2) is 8.42 Å². The average molecular weight is 331 g/mol. The Bertz CT molecular complexity index is 638. The van der Waals surface area contributed by atoms with E-state index in [1.54, 1.807) is 18.2 Å². The Morgan fingerprint density at radius 3 is 2.78 bits per heavy atom. The smallest absolute Gasteiger partial charge is 0.263 e. The van der Waals surface area contributed by atoms with Gasteiger partial charge in [-0.15, -0.1) is 0 Å². The highest BCUT2D eigenvalue weighted by Gasteiger charge is 2.19. The predicted molar refractivity (Wildman–Crippen MR) is 70.8 cm³/mol. The second-order valence-electron chi connectivity index (χ2n) is 3.60. The third kappa shape index (κ3) is 2.73. The molecule has 5 nitrogen and oxygen atoms in total. The molecule has 0 aliphatic heterocycles. The lowest BCUT2D eigenvalue weighted by atomic mass is 10.2. The molecule has 7 heteroatoms. The molecule has 1 N–H and O–H groups in total. The standard InChI is InChI=1S/C11H11BrN2O3S/c1-2-8-7-9(12)3-4-10(8)18(15,16)14-11-5-6-17-13-11/h3-7H,2H2,1H3,(H,13,14). The fourth-order valence-corrected chi connectivity index (χ4v) is 3.24. The largest absolute Gasteiger partial charge is 0.363 e. The minimum Gasteiger partial charge on any atom is -0.363 e. The molecule has 0 fully saturated rings. The molecule has 0 atom stereocenters. The Morgan fingerprint density at radius 1 is 1.39 bits per heavy atom. The van der Waals surface area contributed by atoms with Gasteiger partial charge >= 0.3 is 0 Å². The first-order chi connectivity index (χ1) is 8.53. The topological polar surface area (TPSA) is 72.2 Å². The van der Waals surface area contributed by atoms with E-state index in [4.69, 9.17) is 0 Å². The van der Waals surface area contributed by atoms with E-state index in [-0.39, 0.29) is 10.7 Å². The summed E-state index contributed by atoms with van der Waals surface area (Å²) < 4.78 is 32.2. The molecular weight excluding hydrogens is 320 g/mol. The van der Waals surface area contributed by atoms with Gasteiger partial charge < -0.3 is 4.52 Å². The molecule has 2 aromatic rings. The summed E-state index contributed by atoms with van der Waals surface area (Å²) in [6.45, 7) is 1.90. The maximum atomic E-state index is 12.2. The Hall–Kier alpha value is -1.34. The highest BCUT2D eigenvalue weighted by atomic mass is 79.9. The molecule has 0 amide bonds. The predicted octanol–water partition coefficient (Wildman–Crippen LogP) is 2.80. The van der Waals surface area contributed by atoms with Crippen LogP contribution in [-0.4, -0.2) is 13.6 Å². The van der Waals surface area contributed by atoms with Crippen molar-refractivity contribution in [3.63, 3.8) is 0 Å². The van der Waals surface area contributed by atoms with E-state index in [0.29, 0.717) is 6.42 Å². The first kappa shape index (κ1) is 13.1. The lowest BCUT2D eigenvalue weighted by molar-refractivity contribution is 0.423. The second kappa shape index (κ2) is 5.11. The van der Waals surface area contributed by atoms with Crippen molar-refractivity contribution < 1.29 is 12.9 Å². The number of nitrogens with one attached hydrogen (secondary N) is 1. The molecule has 0 radical (unpaired) electrons. The Kier molecular flexibility index (Phi) is 3.72. The van der Waals surface area contributed by atoms with Crippen LogP contribution in [0.1, 0.15) is 12.5 Å². The van der Waals surface area contributed by atoms with Gasteiger partial charge in [0.25, 0.3) is 10.0 Å². The van der Waals surface area contributed by atoms with Crippen molar-refractivity contribution in [1.29, 1.82) is 0 Å². The van der Waals surface area contributed by atoms with Crippen LogP contribution in [0.4, 0.5) is 5.82 Å². The molecule has 0 spiro atoms. The number of hydrogen-bond acceptors (Lipinski definition) is 4. The molecule has 2 rings (SSSR count). The molecule has 0 saturated carbocycles. The summed E-state index contributed by atoms with van der Waals surface area (Å²) in [5.74, 6) is 0.167. The maximum absolute atomic E-state index is 12.2. The number of anilines is 1. The molecule has 1 aromatic heterocycles. The molecule has 0 bridgehead atoms. The van der Waals surface area contributed by atoms with Crippen LogP contribution in [0.25, 0.3) is 0 Å². The minimum atomic E-state index is -3.64. The van der Waals surface area contributed by atoms with E-state index in [2.05, 4.69) is 30.3 Å². The second-order valence-corrected chi connectivity index (χ2v) is 6.16. The van der Waals surface area contributed by atoms with Gasteiger partial charge in [0.1, 0.15) is 6.26 Å². The van der Waals surface area contributed by atoms with Gasteiger partial charge in [-0.3, -0.25) is 4.72 Å². The third-order valence-electron chi connectivity index (χ3n) is 2.37. The van der Waals surface area contributed by atoms with Crippen LogP contribution in [0.15, 0.2) is 44.4 Å². The van der Waals surface area contributed by atoms with Crippen LogP contribution < -0.4 is 4.72 Å². The van der Waals surface area contributed by atoms with Crippen molar-refractivity contribution in [3.05, 3.63) is 40.6 Å². The Balaban J connectivity index is 2.41. The van der Waals surface area contributed by atoms with E-state index < -0.39 is 10.0 Å². The Morgan fingerprint density at radius 2 is 2.17 bits per heavy atom. The zero-order valence-electron chi connectivity index (χ0n) is 9.55. The fourth-order valence-electron chi connectivity index (χ4n) is 1.54. The molecule has 0 unspecified atom stereocenters. The molecular formula is C11H11BrN2O3S. The highest BCUT2D eigenvalue weighted by Crippen LogP contribution is 2.23. The van der Waals surface area contributed by atoms with Crippen LogP contribution in [0.3, 0.4) is 0 Å². The molecule has 1 heterocycles. The maximum Gasteiger partial charge on any atom is 0.263 e. The Labute approximate surface area is 113 Å². The van der Waals surface area contributed by atoms with Gasteiger partial charge in [-0.2, -0.15) is 0 Å².